The summed E-state index contributed by atoms with van der Waals surface area (Å²) >= 11 is 1.73. The van der Waals surface area contributed by atoms with Gasteiger partial charge in [0.1, 0.15) is 5.03 Å². The van der Waals surface area contributed by atoms with E-state index in [2.05, 4.69) is 75.1 Å². The molecule has 0 bridgehead atoms. The summed E-state index contributed by atoms with van der Waals surface area (Å²) in [4.78, 5) is 5.81. The number of hydrogen-bond donors (Lipinski definition) is 0. The van der Waals surface area contributed by atoms with Crippen LogP contribution in [0.15, 0.2) is 58.6 Å². The van der Waals surface area contributed by atoms with E-state index in [1.807, 2.05) is 6.20 Å². The van der Waals surface area contributed by atoms with Crippen LogP contribution in [0.5, 0.6) is 0 Å². The standard InChI is InChI=1S/C21H20BNO2S/c1-20(2)21(3,4)25-22(24-20)14-8-9-15-16-7-5-6-13-10-11-23-19(18(13)16)26-17(15)12-14/h5-12H,1-4H3. The van der Waals surface area contributed by atoms with Crippen LogP contribution in [-0.2, 0) is 9.31 Å². The number of aromatic nitrogens is 1. The Labute approximate surface area is 158 Å². The zero-order valence-electron chi connectivity index (χ0n) is 15.4. The van der Waals surface area contributed by atoms with Crippen molar-refractivity contribution in [3.05, 3.63) is 48.7 Å². The molecule has 3 nitrogen and oxygen atoms in total. The Balaban J connectivity index is 1.61. The Morgan fingerprint density at radius 2 is 1.69 bits per heavy atom. The summed E-state index contributed by atoms with van der Waals surface area (Å²) in [6.45, 7) is 8.34. The number of nitrogens with zero attached hydrogens (tertiary/aromatic N) is 1. The van der Waals surface area contributed by atoms with Gasteiger partial charge in [-0.3, -0.25) is 0 Å². The topological polar surface area (TPSA) is 31.4 Å². The first-order valence-corrected chi connectivity index (χ1v) is 9.73. The average molecular weight is 361 g/mol. The molecular weight excluding hydrogens is 341 g/mol. The molecule has 1 saturated heterocycles. The molecule has 26 heavy (non-hydrogen) atoms. The van der Waals surface area contributed by atoms with Crippen LogP contribution < -0.4 is 5.46 Å². The number of fused-ring (bicyclic) bond motifs is 2. The van der Waals surface area contributed by atoms with Crippen LogP contribution in [-0.4, -0.2) is 23.3 Å². The van der Waals surface area contributed by atoms with E-state index in [0.29, 0.717) is 0 Å². The lowest BCUT2D eigenvalue weighted by molar-refractivity contribution is 0.00578. The van der Waals surface area contributed by atoms with Crippen molar-refractivity contribution in [1.29, 1.82) is 0 Å². The van der Waals surface area contributed by atoms with E-state index in [4.69, 9.17) is 9.31 Å². The van der Waals surface area contributed by atoms with Gasteiger partial charge in [0, 0.05) is 16.5 Å². The predicted molar refractivity (Wildman–Crippen MR) is 107 cm³/mol. The smallest absolute Gasteiger partial charge is 0.399 e. The normalized spacial score (nSPS) is 19.6. The Morgan fingerprint density at radius 3 is 2.46 bits per heavy atom. The van der Waals surface area contributed by atoms with Crippen molar-refractivity contribution in [2.24, 2.45) is 0 Å². The van der Waals surface area contributed by atoms with E-state index in [-0.39, 0.29) is 18.3 Å². The summed E-state index contributed by atoms with van der Waals surface area (Å²) in [6.07, 6.45) is 1.89. The van der Waals surface area contributed by atoms with Crippen molar-refractivity contribution >= 4 is 35.1 Å². The molecule has 2 aliphatic heterocycles. The zero-order chi connectivity index (χ0) is 18.1. The lowest BCUT2D eigenvalue weighted by Gasteiger charge is -2.32. The Bertz CT molecular complexity index is 1030. The van der Waals surface area contributed by atoms with Crippen LogP contribution in [0.3, 0.4) is 0 Å². The third-order valence-corrected chi connectivity index (χ3v) is 6.84. The van der Waals surface area contributed by atoms with Crippen LogP contribution in [0.4, 0.5) is 0 Å². The number of hydrogen-bond acceptors (Lipinski definition) is 4. The second kappa shape index (κ2) is 5.35. The first kappa shape index (κ1) is 16.4. The summed E-state index contributed by atoms with van der Waals surface area (Å²) < 4.78 is 12.4. The molecule has 3 heterocycles. The molecule has 3 aromatic rings. The van der Waals surface area contributed by atoms with E-state index in [1.165, 1.54) is 26.8 Å². The zero-order valence-corrected chi connectivity index (χ0v) is 16.2. The molecule has 1 fully saturated rings. The van der Waals surface area contributed by atoms with Crippen LogP contribution in [0.1, 0.15) is 27.7 Å². The molecule has 2 aliphatic rings. The van der Waals surface area contributed by atoms with Gasteiger partial charge in [0.05, 0.1) is 11.2 Å². The first-order chi connectivity index (χ1) is 12.4. The molecule has 0 atom stereocenters. The largest absolute Gasteiger partial charge is 0.494 e. The van der Waals surface area contributed by atoms with Gasteiger partial charge in [-0.2, -0.15) is 0 Å². The van der Waals surface area contributed by atoms with Gasteiger partial charge < -0.3 is 9.31 Å². The average Bonchev–Trinajstić information content (AvgIpc) is 2.83. The molecule has 0 radical (unpaired) electrons. The second-order valence-corrected chi connectivity index (χ2v) is 9.00. The maximum Gasteiger partial charge on any atom is 0.494 e. The fraction of sp³-hybridized carbons (Fsp3) is 0.286. The van der Waals surface area contributed by atoms with Crippen LogP contribution in [0.25, 0.3) is 21.9 Å². The van der Waals surface area contributed by atoms with Crippen LogP contribution >= 0.6 is 11.8 Å². The quantitative estimate of drug-likeness (QED) is 0.461. The maximum absolute atomic E-state index is 6.22. The van der Waals surface area contributed by atoms with Crippen molar-refractivity contribution in [3.8, 4) is 11.1 Å². The molecule has 0 saturated carbocycles. The first-order valence-electron chi connectivity index (χ1n) is 8.91. The highest BCUT2D eigenvalue weighted by Gasteiger charge is 2.51. The molecular formula is C21H20BNO2S. The lowest BCUT2D eigenvalue weighted by Crippen LogP contribution is -2.41. The van der Waals surface area contributed by atoms with Gasteiger partial charge in [0.25, 0.3) is 0 Å². The number of benzene rings is 2. The molecule has 130 valence electrons. The van der Waals surface area contributed by atoms with Gasteiger partial charge in [-0.05, 0) is 61.8 Å². The molecule has 0 N–H and O–H groups in total. The molecule has 5 heteroatoms. The third kappa shape index (κ3) is 2.27. The number of rotatable bonds is 1. The monoisotopic (exact) mass is 361 g/mol. The van der Waals surface area contributed by atoms with Crippen molar-refractivity contribution in [3.63, 3.8) is 0 Å². The van der Waals surface area contributed by atoms with E-state index in [9.17, 15) is 0 Å². The minimum absolute atomic E-state index is 0.333. The van der Waals surface area contributed by atoms with Crippen molar-refractivity contribution in [2.45, 2.75) is 48.8 Å². The minimum Gasteiger partial charge on any atom is -0.399 e. The van der Waals surface area contributed by atoms with Crippen LogP contribution in [0, 0.1) is 0 Å². The molecule has 0 amide bonds. The third-order valence-electron chi connectivity index (χ3n) is 5.78. The van der Waals surface area contributed by atoms with Crippen molar-refractivity contribution in [2.75, 3.05) is 0 Å². The predicted octanol–water partition coefficient (Wildman–Crippen LogP) is 4.67. The highest BCUT2D eigenvalue weighted by atomic mass is 32.2. The molecule has 5 rings (SSSR count). The Hall–Kier alpha value is -1.82. The summed E-state index contributed by atoms with van der Waals surface area (Å²) in [6, 6.07) is 15.0. The molecule has 0 unspecified atom stereocenters. The van der Waals surface area contributed by atoms with E-state index < -0.39 is 0 Å². The minimum atomic E-state index is -0.341. The van der Waals surface area contributed by atoms with Gasteiger partial charge >= 0.3 is 7.12 Å². The SMILES string of the molecule is CC1(C)OB(c2ccc3c(c2)Sc2nccc4cccc-3c24)OC1(C)C. The molecule has 0 aliphatic carbocycles. The molecule has 0 spiro atoms. The Kier molecular flexibility index (Phi) is 3.37. The second-order valence-electron chi connectivity index (χ2n) is 7.97. The van der Waals surface area contributed by atoms with Crippen molar-refractivity contribution < 1.29 is 9.31 Å². The van der Waals surface area contributed by atoms with E-state index in [0.717, 1.165) is 10.5 Å². The van der Waals surface area contributed by atoms with Gasteiger partial charge in [-0.25, -0.2) is 4.98 Å². The van der Waals surface area contributed by atoms with Gasteiger partial charge in [0.2, 0.25) is 0 Å². The highest BCUT2D eigenvalue weighted by Crippen LogP contribution is 2.46. The summed E-state index contributed by atoms with van der Waals surface area (Å²) in [5, 5.41) is 3.55. The van der Waals surface area contributed by atoms with Gasteiger partial charge in [0.15, 0.2) is 0 Å². The summed E-state index contributed by atoms with van der Waals surface area (Å²) in [5.74, 6) is 0. The highest BCUT2D eigenvalue weighted by molar-refractivity contribution is 7.99. The number of pyridine rings is 1. The molecule has 2 aromatic carbocycles. The van der Waals surface area contributed by atoms with E-state index >= 15 is 0 Å². The van der Waals surface area contributed by atoms with Crippen LogP contribution in [0.2, 0.25) is 0 Å². The molecule has 1 aromatic heterocycles. The fourth-order valence-corrected chi connectivity index (χ4v) is 4.71. The fourth-order valence-electron chi connectivity index (χ4n) is 3.58. The maximum atomic E-state index is 6.22. The van der Waals surface area contributed by atoms with Gasteiger partial charge in [-0.1, -0.05) is 42.1 Å². The van der Waals surface area contributed by atoms with E-state index in [1.54, 1.807) is 11.8 Å². The summed E-state index contributed by atoms with van der Waals surface area (Å²) in [7, 11) is -0.341. The Morgan fingerprint density at radius 1 is 0.923 bits per heavy atom. The lowest BCUT2D eigenvalue weighted by atomic mass is 9.78. The summed E-state index contributed by atoms with van der Waals surface area (Å²) in [5.41, 5.74) is 2.89. The van der Waals surface area contributed by atoms with Gasteiger partial charge in [-0.15, -0.1) is 0 Å². The van der Waals surface area contributed by atoms with Crippen molar-refractivity contribution in [1.82, 2.24) is 4.98 Å².